The maximum absolute atomic E-state index is 8.51. The lowest BCUT2D eigenvalue weighted by Crippen LogP contribution is -1.69. The molecule has 46 valence electrons. The molecule has 1 aromatic rings. The van der Waals surface area contributed by atoms with Crippen molar-refractivity contribution in [3.63, 3.8) is 0 Å². The number of aryl methyl sites for hydroxylation is 1. The first-order valence-corrected chi connectivity index (χ1v) is 4.06. The number of nitrogens with zero attached hydrogens (tertiary/aromatic N) is 1. The van der Waals surface area contributed by atoms with Crippen LogP contribution in [0.1, 0.15) is 10.4 Å². The van der Waals surface area contributed by atoms with E-state index in [1.807, 2.05) is 12.3 Å². The smallest absolute Gasteiger partial charge is 0.101 e. The molecule has 0 aliphatic rings. The molecule has 0 bridgehead atoms. The van der Waals surface area contributed by atoms with E-state index in [1.165, 1.54) is 0 Å². The van der Waals surface area contributed by atoms with Crippen molar-refractivity contribution in [2.45, 2.75) is 6.92 Å². The van der Waals surface area contributed by atoms with Gasteiger partial charge in [-0.3, -0.25) is 0 Å². The van der Waals surface area contributed by atoms with Crippen LogP contribution in [0, 0.1) is 18.3 Å². The molecule has 0 saturated heterocycles. The largest absolute Gasteiger partial charge is 0.192 e. The Morgan fingerprint density at radius 3 is 2.67 bits per heavy atom. The van der Waals surface area contributed by atoms with Gasteiger partial charge in [-0.15, -0.1) is 11.3 Å². The Morgan fingerprint density at radius 2 is 2.44 bits per heavy atom. The molecule has 0 radical (unpaired) electrons. The molecule has 0 atom stereocenters. The predicted molar refractivity (Wildman–Crippen MR) is 41.5 cm³/mol. The van der Waals surface area contributed by atoms with Crippen molar-refractivity contribution in [1.29, 1.82) is 5.26 Å². The van der Waals surface area contributed by atoms with Crippen LogP contribution < -0.4 is 0 Å². The van der Waals surface area contributed by atoms with Crippen LogP contribution in [0.4, 0.5) is 0 Å². The highest BCUT2D eigenvalue weighted by Gasteiger charge is 2.02. The number of thiophene rings is 1. The van der Waals surface area contributed by atoms with Gasteiger partial charge in [0, 0.05) is 14.7 Å². The van der Waals surface area contributed by atoms with E-state index in [1.54, 1.807) is 11.3 Å². The molecule has 0 spiro atoms. The maximum atomic E-state index is 8.51. The summed E-state index contributed by atoms with van der Waals surface area (Å²) >= 11 is 4.85. The second-order valence-corrected chi connectivity index (χ2v) is 3.56. The molecule has 0 unspecified atom stereocenters. The Balaban J connectivity index is 3.27. The summed E-state index contributed by atoms with van der Waals surface area (Å²) in [5.41, 5.74) is 0.764. The van der Waals surface area contributed by atoms with Crippen molar-refractivity contribution in [2.75, 3.05) is 0 Å². The summed E-state index contributed by atoms with van der Waals surface area (Å²) in [6.45, 7) is 1.94. The van der Waals surface area contributed by atoms with E-state index < -0.39 is 0 Å². The zero-order valence-corrected chi connectivity index (χ0v) is 7.21. The van der Waals surface area contributed by atoms with Gasteiger partial charge in [0.1, 0.15) is 6.07 Å². The quantitative estimate of drug-likeness (QED) is 0.634. The normalized spacial score (nSPS) is 9.00. The summed E-state index contributed by atoms with van der Waals surface area (Å²) in [6, 6.07) is 2.11. The highest BCUT2D eigenvalue weighted by molar-refractivity contribution is 9.10. The first-order valence-electron chi connectivity index (χ1n) is 2.39. The van der Waals surface area contributed by atoms with E-state index >= 15 is 0 Å². The van der Waals surface area contributed by atoms with Crippen molar-refractivity contribution < 1.29 is 0 Å². The van der Waals surface area contributed by atoms with Gasteiger partial charge >= 0.3 is 0 Å². The minimum Gasteiger partial charge on any atom is -0.192 e. The molecule has 1 heterocycles. The van der Waals surface area contributed by atoms with Crippen LogP contribution >= 0.6 is 27.3 Å². The summed E-state index contributed by atoms with van der Waals surface area (Å²) in [6.07, 6.45) is 0. The zero-order chi connectivity index (χ0) is 6.85. The molecule has 1 rings (SSSR count). The van der Waals surface area contributed by atoms with Crippen LogP contribution in [0.15, 0.2) is 9.85 Å². The lowest BCUT2D eigenvalue weighted by molar-refractivity contribution is 1.46. The van der Waals surface area contributed by atoms with Gasteiger partial charge in [0.2, 0.25) is 0 Å². The van der Waals surface area contributed by atoms with Crippen molar-refractivity contribution >= 4 is 27.3 Å². The minimum atomic E-state index is 0.764. The third-order valence-corrected chi connectivity index (χ3v) is 2.88. The molecule has 1 nitrogen and oxygen atoms in total. The Hall–Kier alpha value is -0.330. The fourth-order valence-electron chi connectivity index (χ4n) is 0.558. The van der Waals surface area contributed by atoms with Crippen LogP contribution in [0.5, 0.6) is 0 Å². The van der Waals surface area contributed by atoms with Gasteiger partial charge in [-0.1, -0.05) is 0 Å². The standard InChI is InChI=1S/C6H4BrNS/c1-4-5(2-8)6(7)3-9-4/h3H,1H3. The molecule has 0 aliphatic carbocycles. The van der Waals surface area contributed by atoms with Crippen molar-refractivity contribution in [3.8, 4) is 6.07 Å². The third-order valence-electron chi connectivity index (χ3n) is 1.04. The van der Waals surface area contributed by atoms with Gasteiger partial charge in [0.15, 0.2) is 0 Å². The van der Waals surface area contributed by atoms with Crippen LogP contribution in [0.3, 0.4) is 0 Å². The number of halogens is 1. The molecule has 3 heteroatoms. The summed E-state index contributed by atoms with van der Waals surface area (Å²) in [7, 11) is 0. The fourth-order valence-corrected chi connectivity index (χ4v) is 2.03. The molecule has 0 amide bonds. The molecule has 9 heavy (non-hydrogen) atoms. The molecular weight excluding hydrogens is 198 g/mol. The predicted octanol–water partition coefficient (Wildman–Crippen LogP) is 2.69. The van der Waals surface area contributed by atoms with E-state index in [4.69, 9.17) is 5.26 Å². The second-order valence-electron chi connectivity index (χ2n) is 1.63. The summed E-state index contributed by atoms with van der Waals surface area (Å²) in [4.78, 5) is 1.07. The molecule has 1 aromatic heterocycles. The fraction of sp³-hybridized carbons (Fsp3) is 0.167. The maximum Gasteiger partial charge on any atom is 0.101 e. The average Bonchev–Trinajstić information content (AvgIpc) is 2.12. The van der Waals surface area contributed by atoms with E-state index in [0.717, 1.165) is 14.9 Å². The minimum absolute atomic E-state index is 0.764. The molecular formula is C6H4BrNS. The first kappa shape index (κ1) is 6.79. The van der Waals surface area contributed by atoms with Gasteiger partial charge < -0.3 is 0 Å². The third kappa shape index (κ3) is 1.15. The van der Waals surface area contributed by atoms with Crippen LogP contribution in [0.2, 0.25) is 0 Å². The van der Waals surface area contributed by atoms with Crippen molar-refractivity contribution in [3.05, 3.63) is 20.3 Å². The second kappa shape index (κ2) is 2.51. The Labute approximate surface area is 66.1 Å². The van der Waals surface area contributed by atoms with Crippen molar-refractivity contribution in [2.24, 2.45) is 0 Å². The van der Waals surface area contributed by atoms with E-state index in [-0.39, 0.29) is 0 Å². The molecule has 0 aliphatic heterocycles. The molecule has 0 fully saturated rings. The summed E-state index contributed by atoms with van der Waals surface area (Å²) in [5.74, 6) is 0. The highest BCUT2D eigenvalue weighted by atomic mass is 79.9. The van der Waals surface area contributed by atoms with Gasteiger partial charge in [-0.05, 0) is 22.9 Å². The van der Waals surface area contributed by atoms with Gasteiger partial charge in [-0.2, -0.15) is 5.26 Å². The summed E-state index contributed by atoms with van der Waals surface area (Å²) in [5, 5.41) is 10.4. The van der Waals surface area contributed by atoms with E-state index in [9.17, 15) is 0 Å². The van der Waals surface area contributed by atoms with Crippen LogP contribution in [0.25, 0.3) is 0 Å². The lowest BCUT2D eigenvalue weighted by Gasteiger charge is -1.81. The molecule has 0 N–H and O–H groups in total. The van der Waals surface area contributed by atoms with Crippen molar-refractivity contribution in [1.82, 2.24) is 0 Å². The number of nitriles is 1. The van der Waals surface area contributed by atoms with Crippen LogP contribution in [-0.4, -0.2) is 0 Å². The average molecular weight is 202 g/mol. The number of rotatable bonds is 0. The van der Waals surface area contributed by atoms with E-state index in [0.29, 0.717) is 0 Å². The topological polar surface area (TPSA) is 23.8 Å². The lowest BCUT2D eigenvalue weighted by atomic mass is 10.3. The monoisotopic (exact) mass is 201 g/mol. The van der Waals surface area contributed by atoms with Gasteiger partial charge in [-0.25, -0.2) is 0 Å². The molecule has 0 aromatic carbocycles. The van der Waals surface area contributed by atoms with Gasteiger partial charge in [0.25, 0.3) is 0 Å². The van der Waals surface area contributed by atoms with E-state index in [2.05, 4.69) is 22.0 Å². The SMILES string of the molecule is Cc1scc(Br)c1C#N. The highest BCUT2D eigenvalue weighted by Crippen LogP contribution is 2.25. The Morgan fingerprint density at radius 1 is 1.78 bits per heavy atom. The number of hydrogen-bond acceptors (Lipinski definition) is 2. The van der Waals surface area contributed by atoms with Crippen LogP contribution in [-0.2, 0) is 0 Å². The molecule has 0 saturated carbocycles. The first-order chi connectivity index (χ1) is 4.25. The Bertz CT molecular complexity index is 239. The zero-order valence-electron chi connectivity index (χ0n) is 4.81. The number of hydrogen-bond donors (Lipinski definition) is 0. The Kier molecular flexibility index (Phi) is 1.89. The summed E-state index contributed by atoms with van der Waals surface area (Å²) < 4.78 is 0.910. The van der Waals surface area contributed by atoms with Gasteiger partial charge in [0.05, 0.1) is 5.56 Å².